The summed E-state index contributed by atoms with van der Waals surface area (Å²) in [5, 5.41) is 0. The van der Waals surface area contributed by atoms with Crippen molar-refractivity contribution in [3.63, 3.8) is 0 Å². The van der Waals surface area contributed by atoms with E-state index >= 15 is 0 Å². The van der Waals surface area contributed by atoms with Crippen molar-refractivity contribution in [1.82, 2.24) is 4.98 Å². The molecule has 5 heteroatoms. The molecule has 2 N–H and O–H groups in total. The number of halogens is 1. The van der Waals surface area contributed by atoms with Gasteiger partial charge in [-0.1, -0.05) is 0 Å². The van der Waals surface area contributed by atoms with Crippen molar-refractivity contribution in [2.45, 2.75) is 0 Å². The zero-order valence-electron chi connectivity index (χ0n) is 9.68. The molecule has 0 unspecified atom stereocenters. The summed E-state index contributed by atoms with van der Waals surface area (Å²) in [5.41, 5.74) is 6.90. The molecule has 0 amide bonds. The summed E-state index contributed by atoms with van der Waals surface area (Å²) < 4.78 is 18.2. The second-order valence-corrected chi connectivity index (χ2v) is 3.66. The molecule has 2 rings (SSSR count). The first-order valence-corrected chi connectivity index (χ1v) is 5.21. The van der Waals surface area contributed by atoms with E-state index in [1.165, 1.54) is 25.4 Å². The van der Waals surface area contributed by atoms with Crippen LogP contribution < -0.4 is 5.73 Å². The molecule has 1 aromatic heterocycles. The smallest absolute Gasteiger partial charge is 0.339 e. The van der Waals surface area contributed by atoms with Gasteiger partial charge in [-0.2, -0.15) is 0 Å². The fourth-order valence-corrected chi connectivity index (χ4v) is 1.53. The Bertz CT molecular complexity index is 582. The van der Waals surface area contributed by atoms with E-state index in [-0.39, 0.29) is 0 Å². The van der Waals surface area contributed by atoms with E-state index in [9.17, 15) is 9.18 Å². The molecule has 0 spiro atoms. The molecule has 0 aliphatic heterocycles. The number of carbonyl (C=O) groups excluding carboxylic acids is 1. The van der Waals surface area contributed by atoms with Gasteiger partial charge in [-0.05, 0) is 30.3 Å². The standard InChI is InChI=1S/C13H11FN2O2/c1-18-13(17)8-2-5-12(16-7-8)10-4-3-9(15)6-11(10)14/h2-7H,15H2,1H3. The van der Waals surface area contributed by atoms with Crippen LogP contribution in [0.25, 0.3) is 11.3 Å². The normalized spacial score (nSPS) is 10.1. The lowest BCUT2D eigenvalue weighted by atomic mass is 10.1. The van der Waals surface area contributed by atoms with Gasteiger partial charge in [0, 0.05) is 17.4 Å². The average Bonchev–Trinajstić information content (AvgIpc) is 2.38. The fourth-order valence-electron chi connectivity index (χ4n) is 1.53. The van der Waals surface area contributed by atoms with Gasteiger partial charge in [-0.15, -0.1) is 0 Å². The van der Waals surface area contributed by atoms with Crippen LogP contribution in [0, 0.1) is 5.82 Å². The van der Waals surface area contributed by atoms with E-state index in [0.717, 1.165) is 0 Å². The molecule has 0 atom stereocenters. The number of anilines is 1. The number of rotatable bonds is 2. The molecule has 1 heterocycles. The van der Waals surface area contributed by atoms with Crippen LogP contribution >= 0.6 is 0 Å². The first-order valence-electron chi connectivity index (χ1n) is 5.21. The van der Waals surface area contributed by atoms with E-state index in [1.54, 1.807) is 18.2 Å². The Morgan fingerprint density at radius 1 is 1.33 bits per heavy atom. The zero-order chi connectivity index (χ0) is 13.1. The molecular weight excluding hydrogens is 235 g/mol. The van der Waals surface area contributed by atoms with Gasteiger partial charge in [0.1, 0.15) is 5.82 Å². The number of pyridine rings is 1. The molecule has 0 saturated carbocycles. The van der Waals surface area contributed by atoms with Crippen molar-refractivity contribution in [1.29, 1.82) is 0 Å². The average molecular weight is 246 g/mol. The highest BCUT2D eigenvalue weighted by Gasteiger charge is 2.09. The van der Waals surface area contributed by atoms with Crippen LogP contribution in [0.3, 0.4) is 0 Å². The Balaban J connectivity index is 2.37. The van der Waals surface area contributed by atoms with Crippen molar-refractivity contribution in [3.05, 3.63) is 47.9 Å². The Labute approximate surface area is 103 Å². The Hall–Kier alpha value is -2.43. The van der Waals surface area contributed by atoms with Crippen LogP contribution in [0.15, 0.2) is 36.5 Å². The first-order chi connectivity index (χ1) is 8.61. The molecule has 0 radical (unpaired) electrons. The van der Waals surface area contributed by atoms with Crippen molar-refractivity contribution in [2.24, 2.45) is 0 Å². The maximum absolute atomic E-state index is 13.6. The molecule has 92 valence electrons. The van der Waals surface area contributed by atoms with E-state index in [2.05, 4.69) is 9.72 Å². The van der Waals surface area contributed by atoms with Gasteiger partial charge in [-0.3, -0.25) is 4.98 Å². The summed E-state index contributed by atoms with van der Waals surface area (Å²) in [4.78, 5) is 15.2. The highest BCUT2D eigenvalue weighted by molar-refractivity contribution is 5.89. The number of nitrogens with two attached hydrogens (primary N) is 1. The van der Waals surface area contributed by atoms with Crippen LogP contribution in [0.4, 0.5) is 10.1 Å². The van der Waals surface area contributed by atoms with E-state index in [1.807, 2.05) is 0 Å². The summed E-state index contributed by atoms with van der Waals surface area (Å²) in [7, 11) is 1.29. The number of carbonyl (C=O) groups is 1. The van der Waals surface area contributed by atoms with Gasteiger partial charge in [0.05, 0.1) is 18.4 Å². The molecule has 0 saturated heterocycles. The minimum atomic E-state index is -0.480. The van der Waals surface area contributed by atoms with Gasteiger partial charge in [0.15, 0.2) is 0 Å². The van der Waals surface area contributed by atoms with Crippen LogP contribution in [0.1, 0.15) is 10.4 Å². The molecule has 18 heavy (non-hydrogen) atoms. The van der Waals surface area contributed by atoms with Crippen molar-refractivity contribution in [2.75, 3.05) is 12.8 Å². The molecule has 0 bridgehead atoms. The second kappa shape index (κ2) is 4.83. The minimum Gasteiger partial charge on any atom is -0.465 e. The fraction of sp³-hybridized carbons (Fsp3) is 0.0769. The lowest BCUT2D eigenvalue weighted by Crippen LogP contribution is -2.01. The number of methoxy groups -OCH3 is 1. The number of benzene rings is 1. The zero-order valence-corrected chi connectivity index (χ0v) is 9.68. The molecule has 4 nitrogen and oxygen atoms in total. The monoisotopic (exact) mass is 246 g/mol. The Kier molecular flexibility index (Phi) is 3.23. The number of esters is 1. The van der Waals surface area contributed by atoms with Crippen molar-refractivity contribution >= 4 is 11.7 Å². The number of aromatic nitrogens is 1. The van der Waals surface area contributed by atoms with Crippen LogP contribution in [-0.2, 0) is 4.74 Å². The first kappa shape index (κ1) is 12.0. The summed E-state index contributed by atoms with van der Waals surface area (Å²) >= 11 is 0. The maximum Gasteiger partial charge on any atom is 0.339 e. The summed E-state index contributed by atoms with van der Waals surface area (Å²) in [6.07, 6.45) is 1.34. The maximum atomic E-state index is 13.6. The Morgan fingerprint density at radius 3 is 2.67 bits per heavy atom. The predicted octanol–water partition coefficient (Wildman–Crippen LogP) is 2.26. The van der Waals surface area contributed by atoms with E-state index in [0.29, 0.717) is 22.5 Å². The minimum absolute atomic E-state index is 0.317. The van der Waals surface area contributed by atoms with Gasteiger partial charge in [0.25, 0.3) is 0 Å². The summed E-state index contributed by atoms with van der Waals surface area (Å²) in [5.74, 6) is -0.930. The van der Waals surface area contributed by atoms with Gasteiger partial charge in [0.2, 0.25) is 0 Å². The number of nitrogens with zero attached hydrogens (tertiary/aromatic N) is 1. The van der Waals surface area contributed by atoms with Gasteiger partial charge < -0.3 is 10.5 Å². The van der Waals surface area contributed by atoms with Crippen LogP contribution in [0.2, 0.25) is 0 Å². The molecule has 0 fully saturated rings. The predicted molar refractivity (Wildman–Crippen MR) is 65.4 cm³/mol. The third-order valence-electron chi connectivity index (χ3n) is 2.45. The lowest BCUT2D eigenvalue weighted by Gasteiger charge is -2.04. The second-order valence-electron chi connectivity index (χ2n) is 3.66. The Morgan fingerprint density at radius 2 is 2.11 bits per heavy atom. The molecule has 1 aromatic carbocycles. The topological polar surface area (TPSA) is 65.2 Å². The van der Waals surface area contributed by atoms with Crippen molar-refractivity contribution in [3.8, 4) is 11.3 Å². The molecule has 2 aromatic rings. The third-order valence-corrected chi connectivity index (χ3v) is 2.45. The molecular formula is C13H11FN2O2. The quantitative estimate of drug-likeness (QED) is 0.652. The number of ether oxygens (including phenoxy) is 1. The third kappa shape index (κ3) is 2.29. The molecule has 0 aliphatic carbocycles. The van der Waals surface area contributed by atoms with Crippen LogP contribution in [-0.4, -0.2) is 18.1 Å². The van der Waals surface area contributed by atoms with Gasteiger partial charge in [-0.25, -0.2) is 9.18 Å². The highest BCUT2D eigenvalue weighted by Crippen LogP contribution is 2.22. The lowest BCUT2D eigenvalue weighted by molar-refractivity contribution is 0.0600. The van der Waals surface area contributed by atoms with Crippen LogP contribution in [0.5, 0.6) is 0 Å². The number of hydrogen-bond acceptors (Lipinski definition) is 4. The number of nitrogen functional groups attached to an aromatic ring is 1. The SMILES string of the molecule is COC(=O)c1ccc(-c2ccc(N)cc2F)nc1. The van der Waals surface area contributed by atoms with Gasteiger partial charge >= 0.3 is 5.97 Å². The number of hydrogen-bond donors (Lipinski definition) is 1. The van der Waals surface area contributed by atoms with E-state index in [4.69, 9.17) is 5.73 Å². The largest absolute Gasteiger partial charge is 0.465 e. The molecule has 0 aliphatic rings. The van der Waals surface area contributed by atoms with Crippen molar-refractivity contribution < 1.29 is 13.9 Å². The highest BCUT2D eigenvalue weighted by atomic mass is 19.1. The summed E-state index contributed by atoms with van der Waals surface area (Å²) in [6.45, 7) is 0. The van der Waals surface area contributed by atoms with E-state index < -0.39 is 11.8 Å². The summed E-state index contributed by atoms with van der Waals surface area (Å²) in [6, 6.07) is 7.45.